The van der Waals surface area contributed by atoms with Crippen molar-refractivity contribution in [1.29, 1.82) is 0 Å². The van der Waals surface area contributed by atoms with E-state index in [4.69, 9.17) is 5.73 Å². The quantitative estimate of drug-likeness (QED) is 0.808. The van der Waals surface area contributed by atoms with E-state index in [0.29, 0.717) is 32.0 Å². The van der Waals surface area contributed by atoms with Crippen molar-refractivity contribution in [1.82, 2.24) is 9.62 Å². The first kappa shape index (κ1) is 17.8. The van der Waals surface area contributed by atoms with E-state index in [0.717, 1.165) is 16.4 Å². The third kappa shape index (κ3) is 4.04. The second-order valence-corrected chi connectivity index (χ2v) is 7.30. The number of hydrogen-bond donors (Lipinski definition) is 2. The summed E-state index contributed by atoms with van der Waals surface area (Å²) in [5.41, 5.74) is 5.32. The minimum Gasteiger partial charge on any atom is -0.355 e. The Kier molecular flexibility index (Phi) is 5.66. The molecule has 6 nitrogen and oxygen atoms in total. The number of rotatable bonds is 5. The highest BCUT2D eigenvalue weighted by Gasteiger charge is 2.33. The van der Waals surface area contributed by atoms with E-state index in [2.05, 4.69) is 5.32 Å². The number of benzene rings is 1. The molecule has 0 saturated carbocycles. The Morgan fingerprint density at radius 2 is 2.09 bits per heavy atom. The second-order valence-electron chi connectivity index (χ2n) is 5.36. The number of carbonyl (C=O) groups excluding carboxylic acids is 1. The first-order valence-corrected chi connectivity index (χ1v) is 8.73. The standard InChI is InChI=1S/C14H19F2N3O3S/c15-12-4-3-11(8-13(12)16)23(21,22)19-7-1-2-10(9-19)14(20)18-6-5-17/h3-4,8,10H,1-2,5-7,9,17H2,(H,18,20). The lowest BCUT2D eigenvalue weighted by Crippen LogP contribution is -2.46. The van der Waals surface area contributed by atoms with Crippen LogP contribution in [0.25, 0.3) is 0 Å². The number of amides is 1. The fourth-order valence-electron chi connectivity index (χ4n) is 2.50. The number of piperidine rings is 1. The largest absolute Gasteiger partial charge is 0.355 e. The molecule has 1 fully saturated rings. The summed E-state index contributed by atoms with van der Waals surface area (Å²) in [6.07, 6.45) is 1.09. The highest BCUT2D eigenvalue weighted by Crippen LogP contribution is 2.24. The number of halogens is 2. The summed E-state index contributed by atoms with van der Waals surface area (Å²) in [7, 11) is -3.97. The van der Waals surface area contributed by atoms with Crippen LogP contribution < -0.4 is 11.1 Å². The van der Waals surface area contributed by atoms with E-state index >= 15 is 0 Å². The Labute approximate surface area is 133 Å². The van der Waals surface area contributed by atoms with E-state index in [-0.39, 0.29) is 23.9 Å². The molecule has 1 aromatic carbocycles. The fraction of sp³-hybridized carbons (Fsp3) is 0.500. The number of nitrogens with one attached hydrogen (secondary N) is 1. The maximum absolute atomic E-state index is 13.3. The molecule has 1 aliphatic rings. The summed E-state index contributed by atoms with van der Waals surface area (Å²) in [4.78, 5) is 11.6. The van der Waals surface area contributed by atoms with Gasteiger partial charge in [-0.05, 0) is 31.0 Å². The molecule has 0 aliphatic carbocycles. The van der Waals surface area contributed by atoms with Gasteiger partial charge >= 0.3 is 0 Å². The molecule has 0 bridgehead atoms. The van der Waals surface area contributed by atoms with Gasteiger partial charge in [-0.3, -0.25) is 4.79 Å². The van der Waals surface area contributed by atoms with Crippen molar-refractivity contribution in [2.24, 2.45) is 11.7 Å². The van der Waals surface area contributed by atoms with Gasteiger partial charge in [0.25, 0.3) is 0 Å². The molecule has 128 valence electrons. The maximum Gasteiger partial charge on any atom is 0.243 e. The second kappa shape index (κ2) is 7.33. The van der Waals surface area contributed by atoms with Crippen molar-refractivity contribution in [2.75, 3.05) is 26.2 Å². The van der Waals surface area contributed by atoms with Gasteiger partial charge in [0.2, 0.25) is 15.9 Å². The molecule has 1 amide bonds. The Hall–Kier alpha value is -1.58. The predicted octanol–water partition coefficient (Wildman–Crippen LogP) is 0.440. The minimum atomic E-state index is -3.97. The Morgan fingerprint density at radius 1 is 1.35 bits per heavy atom. The first-order chi connectivity index (χ1) is 10.9. The number of hydrogen-bond acceptors (Lipinski definition) is 4. The van der Waals surface area contributed by atoms with Crippen LogP contribution >= 0.6 is 0 Å². The number of nitrogens with zero attached hydrogens (tertiary/aromatic N) is 1. The van der Waals surface area contributed by atoms with E-state index in [1.54, 1.807) is 0 Å². The summed E-state index contributed by atoms with van der Waals surface area (Å²) < 4.78 is 52.4. The van der Waals surface area contributed by atoms with Crippen LogP contribution in [0.4, 0.5) is 8.78 Å². The van der Waals surface area contributed by atoms with Gasteiger partial charge in [-0.15, -0.1) is 0 Å². The molecule has 1 unspecified atom stereocenters. The van der Waals surface area contributed by atoms with Crippen LogP contribution in [0.5, 0.6) is 0 Å². The molecule has 0 aromatic heterocycles. The third-order valence-corrected chi connectivity index (χ3v) is 5.59. The van der Waals surface area contributed by atoms with Gasteiger partial charge in [-0.25, -0.2) is 17.2 Å². The summed E-state index contributed by atoms with van der Waals surface area (Å²) in [5.74, 6) is -3.06. The van der Waals surface area contributed by atoms with E-state index in [9.17, 15) is 22.0 Å². The van der Waals surface area contributed by atoms with Gasteiger partial charge in [0, 0.05) is 26.2 Å². The van der Waals surface area contributed by atoms with E-state index < -0.39 is 27.6 Å². The zero-order valence-electron chi connectivity index (χ0n) is 12.5. The summed E-state index contributed by atoms with van der Waals surface area (Å²) >= 11 is 0. The monoisotopic (exact) mass is 347 g/mol. The van der Waals surface area contributed by atoms with E-state index in [1.165, 1.54) is 0 Å². The van der Waals surface area contributed by atoms with Gasteiger partial charge in [-0.1, -0.05) is 0 Å². The molecule has 1 aromatic rings. The zero-order chi connectivity index (χ0) is 17.0. The Bertz CT molecular complexity index is 682. The molecule has 23 heavy (non-hydrogen) atoms. The average Bonchev–Trinajstić information content (AvgIpc) is 2.55. The normalized spacial score (nSPS) is 19.5. The summed E-state index contributed by atoms with van der Waals surface area (Å²) in [6, 6.07) is 2.45. The highest BCUT2D eigenvalue weighted by atomic mass is 32.2. The van der Waals surface area contributed by atoms with Crippen LogP contribution in [-0.4, -0.2) is 44.8 Å². The van der Waals surface area contributed by atoms with Crippen LogP contribution in [0.2, 0.25) is 0 Å². The lowest BCUT2D eigenvalue weighted by Gasteiger charge is -2.31. The predicted molar refractivity (Wildman–Crippen MR) is 79.9 cm³/mol. The maximum atomic E-state index is 13.3. The van der Waals surface area contributed by atoms with E-state index in [1.807, 2.05) is 0 Å². The van der Waals surface area contributed by atoms with Crippen molar-refractivity contribution in [3.05, 3.63) is 29.8 Å². The molecule has 1 atom stereocenters. The topological polar surface area (TPSA) is 92.5 Å². The van der Waals surface area contributed by atoms with Gasteiger partial charge < -0.3 is 11.1 Å². The summed E-state index contributed by atoms with van der Waals surface area (Å²) in [6.45, 7) is 0.875. The SMILES string of the molecule is NCCNC(=O)C1CCCN(S(=O)(=O)c2ccc(F)c(F)c2)C1. The van der Waals surface area contributed by atoms with Crippen LogP contribution in [0.1, 0.15) is 12.8 Å². The van der Waals surface area contributed by atoms with Gasteiger partial charge in [0.1, 0.15) is 0 Å². The minimum absolute atomic E-state index is 0.0116. The van der Waals surface area contributed by atoms with Crippen molar-refractivity contribution >= 4 is 15.9 Å². The Balaban J connectivity index is 2.16. The molecule has 0 spiro atoms. The fourth-order valence-corrected chi connectivity index (χ4v) is 4.04. The molecule has 0 radical (unpaired) electrons. The molecule has 9 heteroatoms. The molecule has 3 N–H and O–H groups in total. The van der Waals surface area contributed by atoms with Gasteiger partial charge in [0.05, 0.1) is 10.8 Å². The smallest absolute Gasteiger partial charge is 0.243 e. The number of carbonyl (C=O) groups is 1. The third-order valence-electron chi connectivity index (χ3n) is 3.73. The van der Waals surface area contributed by atoms with Crippen LogP contribution in [0, 0.1) is 17.6 Å². The lowest BCUT2D eigenvalue weighted by molar-refractivity contribution is -0.126. The molecule has 2 rings (SSSR count). The van der Waals surface area contributed by atoms with Crippen molar-refractivity contribution in [3.63, 3.8) is 0 Å². The zero-order valence-corrected chi connectivity index (χ0v) is 13.3. The highest BCUT2D eigenvalue weighted by molar-refractivity contribution is 7.89. The molecule has 1 heterocycles. The van der Waals surface area contributed by atoms with Crippen molar-refractivity contribution < 1.29 is 22.0 Å². The molecule has 1 saturated heterocycles. The summed E-state index contributed by atoms with van der Waals surface area (Å²) in [5, 5.41) is 2.64. The molecule has 1 aliphatic heterocycles. The van der Waals surface area contributed by atoms with Gasteiger partial charge in [0.15, 0.2) is 11.6 Å². The first-order valence-electron chi connectivity index (χ1n) is 7.29. The Morgan fingerprint density at radius 3 is 2.74 bits per heavy atom. The van der Waals surface area contributed by atoms with Gasteiger partial charge in [-0.2, -0.15) is 4.31 Å². The van der Waals surface area contributed by atoms with Crippen LogP contribution in [0.15, 0.2) is 23.1 Å². The van der Waals surface area contributed by atoms with Crippen LogP contribution in [0.3, 0.4) is 0 Å². The lowest BCUT2D eigenvalue weighted by atomic mass is 9.99. The number of sulfonamides is 1. The van der Waals surface area contributed by atoms with Crippen molar-refractivity contribution in [3.8, 4) is 0 Å². The molecular weight excluding hydrogens is 328 g/mol. The molecular formula is C14H19F2N3O3S. The van der Waals surface area contributed by atoms with Crippen LogP contribution in [-0.2, 0) is 14.8 Å². The number of nitrogens with two attached hydrogens (primary N) is 1. The van der Waals surface area contributed by atoms with Crippen molar-refractivity contribution in [2.45, 2.75) is 17.7 Å². The average molecular weight is 347 g/mol.